The summed E-state index contributed by atoms with van der Waals surface area (Å²) in [5.74, 6) is 1.23. The van der Waals surface area contributed by atoms with Gasteiger partial charge in [-0.25, -0.2) is 4.98 Å². The van der Waals surface area contributed by atoms with Gasteiger partial charge in [0, 0.05) is 24.9 Å². The molecule has 14 heavy (non-hydrogen) atoms. The summed E-state index contributed by atoms with van der Waals surface area (Å²) >= 11 is 0. The molecule has 2 aromatic heterocycles. The van der Waals surface area contributed by atoms with E-state index in [0.29, 0.717) is 11.4 Å². The van der Waals surface area contributed by atoms with Crippen LogP contribution in [0, 0.1) is 0 Å². The van der Waals surface area contributed by atoms with Crippen LogP contribution in [0.2, 0.25) is 0 Å². The Balaban J connectivity index is 2.50. The van der Waals surface area contributed by atoms with Crippen molar-refractivity contribution in [3.63, 3.8) is 0 Å². The Hall–Kier alpha value is -1.91. The predicted molar refractivity (Wildman–Crippen MR) is 51.8 cm³/mol. The van der Waals surface area contributed by atoms with E-state index in [1.54, 1.807) is 12.4 Å². The van der Waals surface area contributed by atoms with Gasteiger partial charge in [0.05, 0.1) is 5.56 Å². The van der Waals surface area contributed by atoms with Gasteiger partial charge in [0.25, 0.3) is 0 Å². The second-order valence-electron chi connectivity index (χ2n) is 2.88. The quantitative estimate of drug-likeness (QED) is 0.732. The van der Waals surface area contributed by atoms with Gasteiger partial charge in [-0.1, -0.05) is 6.92 Å². The fourth-order valence-corrected chi connectivity index (χ4v) is 1.16. The third kappa shape index (κ3) is 1.44. The number of hydrogen-bond acceptors (Lipinski definition) is 3. The van der Waals surface area contributed by atoms with Crippen LogP contribution in [0.1, 0.15) is 12.7 Å². The minimum atomic E-state index is -0.0783. The van der Waals surface area contributed by atoms with Gasteiger partial charge in [0.15, 0.2) is 11.3 Å². The van der Waals surface area contributed by atoms with E-state index in [1.165, 1.54) is 6.07 Å². The van der Waals surface area contributed by atoms with Crippen molar-refractivity contribution in [3.8, 4) is 11.4 Å². The Kier molecular flexibility index (Phi) is 2.14. The van der Waals surface area contributed by atoms with Gasteiger partial charge < -0.3 is 4.98 Å². The highest BCUT2D eigenvalue weighted by Gasteiger charge is 2.07. The molecule has 0 radical (unpaired) electrons. The van der Waals surface area contributed by atoms with Crippen LogP contribution in [0.4, 0.5) is 0 Å². The Morgan fingerprint density at radius 1 is 1.50 bits per heavy atom. The average Bonchev–Trinajstić information content (AvgIpc) is 2.67. The summed E-state index contributed by atoms with van der Waals surface area (Å²) in [5, 5.41) is 6.73. The summed E-state index contributed by atoms with van der Waals surface area (Å²) < 4.78 is 0. The lowest BCUT2D eigenvalue weighted by Gasteiger charge is -1.90. The second kappa shape index (κ2) is 3.45. The van der Waals surface area contributed by atoms with Crippen molar-refractivity contribution in [2.24, 2.45) is 0 Å². The van der Waals surface area contributed by atoms with E-state index in [1.807, 2.05) is 6.92 Å². The molecule has 72 valence electrons. The molecule has 0 bridgehead atoms. The molecule has 2 rings (SSSR count). The van der Waals surface area contributed by atoms with Gasteiger partial charge in [-0.3, -0.25) is 9.89 Å². The van der Waals surface area contributed by atoms with Gasteiger partial charge in [0.2, 0.25) is 0 Å². The van der Waals surface area contributed by atoms with E-state index in [9.17, 15) is 4.79 Å². The number of pyridine rings is 1. The normalized spacial score (nSPS) is 10.4. The summed E-state index contributed by atoms with van der Waals surface area (Å²) in [6.07, 6.45) is 3.96. The van der Waals surface area contributed by atoms with E-state index in [4.69, 9.17) is 0 Å². The lowest BCUT2D eigenvalue weighted by molar-refractivity contribution is 0.946. The van der Waals surface area contributed by atoms with Crippen molar-refractivity contribution in [3.05, 3.63) is 34.5 Å². The Labute approximate surface area is 80.2 Å². The highest BCUT2D eigenvalue weighted by molar-refractivity contribution is 5.52. The topological polar surface area (TPSA) is 74.4 Å². The SMILES string of the molecule is CCc1nc(-c2c[nH]ccc2=O)n[nH]1. The summed E-state index contributed by atoms with van der Waals surface area (Å²) in [6, 6.07) is 1.46. The molecular weight excluding hydrogens is 180 g/mol. The van der Waals surface area contributed by atoms with Crippen LogP contribution in [0.3, 0.4) is 0 Å². The highest BCUT2D eigenvalue weighted by Crippen LogP contribution is 2.07. The molecule has 0 aromatic carbocycles. The molecule has 0 aliphatic carbocycles. The first kappa shape index (κ1) is 8.68. The number of rotatable bonds is 2. The van der Waals surface area contributed by atoms with E-state index < -0.39 is 0 Å². The van der Waals surface area contributed by atoms with E-state index >= 15 is 0 Å². The summed E-state index contributed by atoms with van der Waals surface area (Å²) in [7, 11) is 0. The maximum Gasteiger partial charge on any atom is 0.192 e. The van der Waals surface area contributed by atoms with Crippen molar-refractivity contribution in [2.45, 2.75) is 13.3 Å². The summed E-state index contributed by atoms with van der Waals surface area (Å²) in [5.41, 5.74) is 0.411. The van der Waals surface area contributed by atoms with Crippen molar-refractivity contribution in [1.29, 1.82) is 0 Å². The number of nitrogens with one attached hydrogen (secondary N) is 2. The smallest absolute Gasteiger partial charge is 0.192 e. The highest BCUT2D eigenvalue weighted by atomic mass is 16.1. The third-order valence-corrected chi connectivity index (χ3v) is 1.93. The molecule has 0 unspecified atom stereocenters. The van der Waals surface area contributed by atoms with Gasteiger partial charge in [0.1, 0.15) is 5.82 Å². The lowest BCUT2D eigenvalue weighted by Crippen LogP contribution is -2.03. The van der Waals surface area contributed by atoms with Crippen LogP contribution in [-0.4, -0.2) is 20.2 Å². The van der Waals surface area contributed by atoms with Crippen LogP contribution in [-0.2, 0) is 6.42 Å². The predicted octanol–water partition coefficient (Wildman–Crippen LogP) is 0.722. The van der Waals surface area contributed by atoms with Crippen LogP contribution >= 0.6 is 0 Å². The maximum atomic E-state index is 11.4. The third-order valence-electron chi connectivity index (χ3n) is 1.93. The maximum absolute atomic E-state index is 11.4. The number of aryl methyl sites for hydroxylation is 1. The molecule has 0 spiro atoms. The number of nitrogens with zero attached hydrogens (tertiary/aromatic N) is 2. The first-order chi connectivity index (χ1) is 6.81. The minimum absolute atomic E-state index is 0.0783. The zero-order valence-corrected chi connectivity index (χ0v) is 7.74. The van der Waals surface area contributed by atoms with Crippen LogP contribution < -0.4 is 5.43 Å². The average molecular weight is 190 g/mol. The van der Waals surface area contributed by atoms with Gasteiger partial charge in [-0.2, -0.15) is 5.10 Å². The summed E-state index contributed by atoms with van der Waals surface area (Å²) in [4.78, 5) is 18.4. The second-order valence-corrected chi connectivity index (χ2v) is 2.88. The standard InChI is InChI=1S/C9H10N4O/c1-2-8-11-9(13-12-8)6-5-10-4-3-7(6)14/h3-5H,2H2,1H3,(H,10,14)(H,11,12,13). The molecule has 0 aliphatic rings. The van der Waals surface area contributed by atoms with Crippen LogP contribution in [0.25, 0.3) is 11.4 Å². The number of hydrogen-bond donors (Lipinski definition) is 2. The van der Waals surface area contributed by atoms with Crippen LogP contribution in [0.15, 0.2) is 23.3 Å². The van der Waals surface area contributed by atoms with E-state index in [0.717, 1.165) is 12.2 Å². The van der Waals surface area contributed by atoms with Gasteiger partial charge >= 0.3 is 0 Å². The molecule has 2 N–H and O–H groups in total. The van der Waals surface area contributed by atoms with Crippen molar-refractivity contribution in [1.82, 2.24) is 20.2 Å². The molecule has 0 amide bonds. The molecule has 0 aliphatic heterocycles. The Morgan fingerprint density at radius 2 is 2.36 bits per heavy atom. The van der Waals surface area contributed by atoms with Crippen molar-refractivity contribution in [2.75, 3.05) is 0 Å². The minimum Gasteiger partial charge on any atom is -0.367 e. The zero-order valence-electron chi connectivity index (χ0n) is 7.74. The fourth-order valence-electron chi connectivity index (χ4n) is 1.16. The fraction of sp³-hybridized carbons (Fsp3) is 0.222. The molecular formula is C9H10N4O. The summed E-state index contributed by atoms with van der Waals surface area (Å²) in [6.45, 7) is 1.97. The van der Waals surface area contributed by atoms with Crippen molar-refractivity contribution < 1.29 is 0 Å². The molecule has 0 saturated heterocycles. The van der Waals surface area contributed by atoms with Gasteiger partial charge in [-0.05, 0) is 0 Å². The molecule has 0 fully saturated rings. The Bertz CT molecular complexity index is 485. The number of H-pyrrole nitrogens is 2. The molecule has 2 heterocycles. The van der Waals surface area contributed by atoms with E-state index in [2.05, 4.69) is 20.2 Å². The van der Waals surface area contributed by atoms with Crippen molar-refractivity contribution >= 4 is 0 Å². The monoisotopic (exact) mass is 190 g/mol. The first-order valence-corrected chi connectivity index (χ1v) is 4.40. The van der Waals surface area contributed by atoms with E-state index in [-0.39, 0.29) is 5.43 Å². The Morgan fingerprint density at radius 3 is 3.00 bits per heavy atom. The molecule has 5 heteroatoms. The van der Waals surface area contributed by atoms with Gasteiger partial charge in [-0.15, -0.1) is 0 Å². The largest absolute Gasteiger partial charge is 0.367 e. The molecule has 0 saturated carbocycles. The number of aromatic nitrogens is 4. The molecule has 2 aromatic rings. The van der Waals surface area contributed by atoms with Crippen LogP contribution in [0.5, 0.6) is 0 Å². The lowest BCUT2D eigenvalue weighted by atomic mass is 10.2. The first-order valence-electron chi connectivity index (χ1n) is 4.40. The number of aromatic amines is 2. The molecule has 5 nitrogen and oxygen atoms in total. The molecule has 0 atom stereocenters. The zero-order chi connectivity index (χ0) is 9.97.